The topological polar surface area (TPSA) is 103 Å². The van der Waals surface area contributed by atoms with Gasteiger partial charge < -0.3 is 20.1 Å². The molecule has 0 unspecified atom stereocenters. The van der Waals surface area contributed by atoms with E-state index in [2.05, 4.69) is 5.32 Å². The minimum absolute atomic E-state index is 0.0362. The van der Waals surface area contributed by atoms with Crippen molar-refractivity contribution in [3.8, 4) is 6.07 Å². The molecule has 1 aromatic rings. The Hall–Kier alpha value is -2.85. The predicted octanol–water partition coefficient (Wildman–Crippen LogP) is 0.741. The summed E-state index contributed by atoms with van der Waals surface area (Å²) >= 11 is 0. The predicted molar refractivity (Wildman–Crippen MR) is 81.3 cm³/mol. The molecule has 0 bridgehead atoms. The first-order valence-corrected chi connectivity index (χ1v) is 7.14. The second-order valence-corrected chi connectivity index (χ2v) is 4.96. The first-order valence-electron chi connectivity index (χ1n) is 7.14. The lowest BCUT2D eigenvalue weighted by Crippen LogP contribution is -2.41. The molecule has 0 saturated carbocycles. The fourth-order valence-electron chi connectivity index (χ4n) is 2.11. The minimum atomic E-state index is -0.979. The number of carbonyl (C=O) groups is 2. The Bertz CT molecular complexity index is 640. The van der Waals surface area contributed by atoms with Gasteiger partial charge in [-0.15, -0.1) is 0 Å². The Balaban J connectivity index is 1.93. The smallest absolute Gasteiger partial charge is 0.335 e. The van der Waals surface area contributed by atoms with Crippen LogP contribution in [-0.4, -0.2) is 48.2 Å². The Labute approximate surface area is 133 Å². The van der Waals surface area contributed by atoms with Crippen molar-refractivity contribution < 1.29 is 19.4 Å². The number of nitrogens with one attached hydrogen (secondary N) is 1. The van der Waals surface area contributed by atoms with Crippen LogP contribution in [0.25, 0.3) is 0 Å². The molecule has 1 fully saturated rings. The molecule has 2 rings (SSSR count). The zero-order valence-electron chi connectivity index (χ0n) is 12.5. The monoisotopic (exact) mass is 315 g/mol. The third-order valence-electron chi connectivity index (χ3n) is 3.40. The van der Waals surface area contributed by atoms with E-state index in [4.69, 9.17) is 15.1 Å². The molecule has 0 spiro atoms. The summed E-state index contributed by atoms with van der Waals surface area (Å²) in [6.07, 6.45) is 1.39. The zero-order chi connectivity index (χ0) is 16.7. The van der Waals surface area contributed by atoms with Crippen molar-refractivity contribution in [1.29, 1.82) is 5.26 Å². The first kappa shape index (κ1) is 16.5. The van der Waals surface area contributed by atoms with Gasteiger partial charge in [0.25, 0.3) is 5.91 Å². The summed E-state index contributed by atoms with van der Waals surface area (Å²) in [5.41, 5.74) is 1.10. The van der Waals surface area contributed by atoms with Crippen LogP contribution in [0.3, 0.4) is 0 Å². The maximum atomic E-state index is 12.2. The van der Waals surface area contributed by atoms with Crippen LogP contribution in [0.1, 0.15) is 15.9 Å². The Morgan fingerprint density at radius 3 is 2.52 bits per heavy atom. The van der Waals surface area contributed by atoms with Crippen LogP contribution >= 0.6 is 0 Å². The highest BCUT2D eigenvalue weighted by molar-refractivity contribution is 5.97. The number of hydrogen-bond donors (Lipinski definition) is 2. The molecule has 1 heterocycles. The van der Waals surface area contributed by atoms with Gasteiger partial charge in [-0.3, -0.25) is 4.79 Å². The van der Waals surface area contributed by atoms with Gasteiger partial charge in [0.2, 0.25) is 0 Å². The summed E-state index contributed by atoms with van der Waals surface area (Å²) < 4.78 is 5.18. The fraction of sp³-hybridized carbons (Fsp3) is 0.312. The highest BCUT2D eigenvalue weighted by Crippen LogP contribution is 2.06. The van der Waals surface area contributed by atoms with E-state index >= 15 is 0 Å². The van der Waals surface area contributed by atoms with Crippen molar-refractivity contribution in [2.45, 2.75) is 6.54 Å². The third kappa shape index (κ3) is 4.56. The largest absolute Gasteiger partial charge is 0.478 e. The van der Waals surface area contributed by atoms with Crippen molar-refractivity contribution in [3.63, 3.8) is 0 Å². The van der Waals surface area contributed by atoms with Crippen LogP contribution in [0.4, 0.5) is 0 Å². The van der Waals surface area contributed by atoms with Crippen LogP contribution < -0.4 is 5.32 Å². The summed E-state index contributed by atoms with van der Waals surface area (Å²) in [4.78, 5) is 24.5. The van der Waals surface area contributed by atoms with Crippen molar-refractivity contribution in [1.82, 2.24) is 10.2 Å². The van der Waals surface area contributed by atoms with E-state index in [0.717, 1.165) is 5.56 Å². The molecule has 2 N–H and O–H groups in total. The minimum Gasteiger partial charge on any atom is -0.478 e. The summed E-state index contributed by atoms with van der Waals surface area (Å²) in [6.45, 7) is 2.31. The number of hydrogen-bond acceptors (Lipinski definition) is 5. The maximum Gasteiger partial charge on any atom is 0.335 e. The fourth-order valence-corrected chi connectivity index (χ4v) is 2.11. The highest BCUT2D eigenvalue weighted by Gasteiger charge is 2.20. The lowest BCUT2D eigenvalue weighted by Gasteiger charge is -2.26. The number of carboxylic acids is 1. The molecule has 1 amide bonds. The van der Waals surface area contributed by atoms with E-state index in [0.29, 0.717) is 32.8 Å². The number of rotatable bonds is 5. The molecule has 0 aromatic heterocycles. The number of amides is 1. The van der Waals surface area contributed by atoms with Gasteiger partial charge in [-0.25, -0.2) is 4.79 Å². The van der Waals surface area contributed by atoms with E-state index in [-0.39, 0.29) is 17.0 Å². The lowest BCUT2D eigenvalue weighted by molar-refractivity contribution is -0.130. The second-order valence-electron chi connectivity index (χ2n) is 4.96. The molecule has 120 valence electrons. The molecule has 1 aromatic carbocycles. The second kappa shape index (κ2) is 7.96. The van der Waals surface area contributed by atoms with Crippen LogP contribution in [0.15, 0.2) is 36.0 Å². The van der Waals surface area contributed by atoms with Crippen LogP contribution in [0.2, 0.25) is 0 Å². The van der Waals surface area contributed by atoms with E-state index in [1.165, 1.54) is 18.3 Å². The number of morpholine rings is 1. The number of carboxylic acid groups (broad SMARTS) is 1. The van der Waals surface area contributed by atoms with Gasteiger partial charge in [0.15, 0.2) is 0 Å². The Morgan fingerprint density at radius 2 is 1.96 bits per heavy atom. The molecule has 0 atom stereocenters. The van der Waals surface area contributed by atoms with Gasteiger partial charge in [-0.1, -0.05) is 12.1 Å². The van der Waals surface area contributed by atoms with Crippen LogP contribution in [0.5, 0.6) is 0 Å². The van der Waals surface area contributed by atoms with Gasteiger partial charge in [-0.05, 0) is 17.7 Å². The molecule has 0 aliphatic carbocycles. The summed E-state index contributed by atoms with van der Waals surface area (Å²) in [5, 5.41) is 20.9. The summed E-state index contributed by atoms with van der Waals surface area (Å²) in [5.74, 6) is -1.29. The SMILES string of the molecule is N#C/C(=C/NCc1ccc(C(=O)O)cc1)C(=O)N1CCOCC1. The molecular weight excluding hydrogens is 298 g/mol. The Morgan fingerprint density at radius 1 is 1.30 bits per heavy atom. The van der Waals surface area contributed by atoms with Gasteiger partial charge in [-0.2, -0.15) is 5.26 Å². The average molecular weight is 315 g/mol. The molecule has 7 heteroatoms. The lowest BCUT2D eigenvalue weighted by atomic mass is 10.1. The van der Waals surface area contributed by atoms with Gasteiger partial charge >= 0.3 is 5.97 Å². The van der Waals surface area contributed by atoms with Crippen LogP contribution in [0, 0.1) is 11.3 Å². The number of aromatic carboxylic acids is 1. The standard InChI is InChI=1S/C16H17N3O4/c17-9-14(15(20)19-5-7-23-8-6-19)11-18-10-12-1-3-13(4-2-12)16(21)22/h1-4,11,18H,5-8,10H2,(H,21,22)/b14-11-. The normalized spacial score (nSPS) is 14.9. The Kier molecular flexibility index (Phi) is 5.72. The summed E-state index contributed by atoms with van der Waals surface area (Å²) in [6, 6.07) is 8.27. The quantitative estimate of drug-likeness (QED) is 0.614. The van der Waals surface area contributed by atoms with Gasteiger partial charge in [0, 0.05) is 25.8 Å². The van der Waals surface area contributed by atoms with Crippen molar-refractivity contribution in [2.75, 3.05) is 26.3 Å². The van der Waals surface area contributed by atoms with Gasteiger partial charge in [0.1, 0.15) is 11.6 Å². The molecule has 23 heavy (non-hydrogen) atoms. The number of ether oxygens (including phenoxy) is 1. The maximum absolute atomic E-state index is 12.2. The van der Waals surface area contributed by atoms with Gasteiger partial charge in [0.05, 0.1) is 18.8 Å². The molecule has 7 nitrogen and oxygen atoms in total. The molecule has 1 aliphatic heterocycles. The number of benzene rings is 1. The summed E-state index contributed by atoms with van der Waals surface area (Å²) in [7, 11) is 0. The van der Waals surface area contributed by atoms with Crippen molar-refractivity contribution in [2.24, 2.45) is 0 Å². The molecule has 1 aliphatic rings. The molecular formula is C16H17N3O4. The van der Waals surface area contributed by atoms with E-state index < -0.39 is 5.97 Å². The van der Waals surface area contributed by atoms with E-state index in [1.807, 2.05) is 6.07 Å². The van der Waals surface area contributed by atoms with Crippen LogP contribution in [-0.2, 0) is 16.1 Å². The highest BCUT2D eigenvalue weighted by atomic mass is 16.5. The average Bonchev–Trinajstić information content (AvgIpc) is 2.59. The molecule has 1 saturated heterocycles. The first-order chi connectivity index (χ1) is 11.1. The number of nitriles is 1. The number of carbonyl (C=O) groups excluding carboxylic acids is 1. The van der Waals surface area contributed by atoms with Crippen molar-refractivity contribution in [3.05, 3.63) is 47.2 Å². The number of nitrogens with zero attached hydrogens (tertiary/aromatic N) is 2. The third-order valence-corrected chi connectivity index (χ3v) is 3.40. The van der Waals surface area contributed by atoms with E-state index in [1.54, 1.807) is 17.0 Å². The van der Waals surface area contributed by atoms with E-state index in [9.17, 15) is 9.59 Å². The van der Waals surface area contributed by atoms with Crippen molar-refractivity contribution >= 4 is 11.9 Å². The molecule has 0 radical (unpaired) electrons. The zero-order valence-corrected chi connectivity index (χ0v) is 12.5.